The van der Waals surface area contributed by atoms with Crippen LogP contribution in [0.3, 0.4) is 0 Å². The number of ether oxygens (including phenoxy) is 1. The first-order chi connectivity index (χ1) is 15.0. The molecule has 4 saturated heterocycles. The highest BCUT2D eigenvalue weighted by Gasteiger charge is 2.69. The molecule has 7 nitrogen and oxygen atoms in total. The van der Waals surface area contributed by atoms with Crippen LogP contribution in [0, 0.1) is 5.92 Å². The van der Waals surface area contributed by atoms with E-state index in [1.807, 2.05) is 32.9 Å². The summed E-state index contributed by atoms with van der Waals surface area (Å²) in [6.45, 7) is 10.4. The maximum atomic E-state index is 13.7. The van der Waals surface area contributed by atoms with Crippen molar-refractivity contribution < 1.29 is 19.1 Å². The monoisotopic (exact) mass is 435 g/mol. The van der Waals surface area contributed by atoms with Gasteiger partial charge in [0.05, 0.1) is 5.69 Å². The van der Waals surface area contributed by atoms with Crippen LogP contribution in [-0.2, 0) is 9.59 Å². The number of piperazine rings is 1. The molecule has 5 aliphatic heterocycles. The zero-order valence-corrected chi connectivity index (χ0v) is 18.8. The minimum atomic E-state index is -1.32. The van der Waals surface area contributed by atoms with Gasteiger partial charge in [-0.25, -0.2) is 0 Å². The molecule has 3 N–H and O–H groups in total. The van der Waals surface area contributed by atoms with Crippen LogP contribution < -0.4 is 15.8 Å². The molecule has 6 rings (SSSR count). The first kappa shape index (κ1) is 20.8. The first-order valence-electron chi connectivity index (χ1n) is 11.1. The third-order valence-corrected chi connectivity index (χ3v) is 7.62. The third kappa shape index (κ3) is 2.63. The molecule has 4 fully saturated rings. The van der Waals surface area contributed by atoms with Crippen molar-refractivity contribution in [3.8, 4) is 5.75 Å². The highest BCUT2D eigenvalue weighted by Crippen LogP contribution is 2.52. The number of piperidine rings is 2. The van der Waals surface area contributed by atoms with Gasteiger partial charge in [-0.1, -0.05) is 12.2 Å². The van der Waals surface area contributed by atoms with Gasteiger partial charge in [0.2, 0.25) is 11.8 Å². The predicted octanol–water partition coefficient (Wildman–Crippen LogP) is 2.85. The Kier molecular flexibility index (Phi) is 4.20. The van der Waals surface area contributed by atoms with Crippen LogP contribution >= 0.6 is 0 Å². The van der Waals surface area contributed by atoms with Crippen molar-refractivity contribution in [3.05, 3.63) is 41.5 Å². The van der Waals surface area contributed by atoms with Gasteiger partial charge in [-0.15, -0.1) is 0 Å². The van der Waals surface area contributed by atoms with Crippen molar-refractivity contribution >= 4 is 29.4 Å². The fourth-order valence-corrected chi connectivity index (χ4v) is 5.99. The Hall–Kier alpha value is -3.09. The van der Waals surface area contributed by atoms with Crippen LogP contribution in [0.1, 0.15) is 62.4 Å². The van der Waals surface area contributed by atoms with Gasteiger partial charge in [0, 0.05) is 30.0 Å². The van der Waals surface area contributed by atoms with Gasteiger partial charge in [-0.05, 0) is 64.3 Å². The molecule has 0 aromatic heterocycles. The number of hydrogen-bond acceptors (Lipinski definition) is 5. The summed E-state index contributed by atoms with van der Waals surface area (Å²) in [6, 6.07) is 3.39. The van der Waals surface area contributed by atoms with E-state index in [1.54, 1.807) is 17.0 Å². The molecule has 2 bridgehead atoms. The molecule has 1 aromatic rings. The Labute approximate surface area is 187 Å². The number of ketones is 1. The van der Waals surface area contributed by atoms with Crippen LogP contribution in [0.25, 0.3) is 6.08 Å². The zero-order chi connectivity index (χ0) is 23.1. The predicted molar refractivity (Wildman–Crippen MR) is 121 cm³/mol. The van der Waals surface area contributed by atoms with Crippen LogP contribution in [0.15, 0.2) is 30.4 Å². The minimum Gasteiger partial charge on any atom is -0.483 e. The summed E-state index contributed by atoms with van der Waals surface area (Å²) in [5, 5.41) is 2.97. The molecule has 1 aromatic carbocycles. The Balaban J connectivity index is 1.53. The number of anilines is 1. The van der Waals surface area contributed by atoms with Crippen molar-refractivity contribution in [1.82, 2.24) is 10.2 Å². The number of nitrogen functional groups attached to an aromatic ring is 1. The molecule has 2 amide bonds. The number of amides is 2. The van der Waals surface area contributed by atoms with E-state index in [2.05, 4.69) is 11.9 Å². The van der Waals surface area contributed by atoms with E-state index in [-0.39, 0.29) is 29.9 Å². The average Bonchev–Trinajstić information content (AvgIpc) is 3.14. The maximum absolute atomic E-state index is 13.7. The first-order valence-corrected chi connectivity index (χ1v) is 11.1. The third-order valence-electron chi connectivity index (χ3n) is 7.62. The standard InChI is InChI=1S/C25H29N3O4/c1-14(2)17-12-24-9-5-11-28(24)22(31)25(17,27-21(24)30)13-18(29)15-6-7-19-16(20(15)26)8-10-23(3,4)32-19/h6-8,10,17H,1,5,9,11-13,26H2,2-4H3,(H,27,30)/t17-,24-,25-/m1/s1. The fraction of sp³-hybridized carbons (Fsp3) is 0.480. The Bertz CT molecular complexity index is 1120. The second-order valence-corrected chi connectivity index (χ2v) is 10.2. The molecular weight excluding hydrogens is 406 g/mol. The highest BCUT2D eigenvalue weighted by molar-refractivity contribution is 6.11. The van der Waals surface area contributed by atoms with E-state index in [4.69, 9.17) is 10.5 Å². The van der Waals surface area contributed by atoms with Crippen LogP contribution in [0.4, 0.5) is 5.69 Å². The second-order valence-electron chi connectivity index (χ2n) is 10.2. The van der Waals surface area contributed by atoms with E-state index < -0.39 is 16.7 Å². The summed E-state index contributed by atoms with van der Waals surface area (Å²) in [5.74, 6) is -0.294. The van der Waals surface area contributed by atoms with E-state index in [1.165, 1.54) is 0 Å². The molecule has 5 aliphatic rings. The lowest BCUT2D eigenvalue weighted by molar-refractivity contribution is -0.172. The van der Waals surface area contributed by atoms with Crippen molar-refractivity contribution in [1.29, 1.82) is 0 Å². The number of Topliss-reactive ketones (excluding diaryl/α,β-unsaturated/α-hetero) is 1. The zero-order valence-electron chi connectivity index (χ0n) is 18.8. The van der Waals surface area contributed by atoms with Crippen molar-refractivity contribution in [2.45, 2.75) is 63.1 Å². The van der Waals surface area contributed by atoms with Crippen LogP contribution in [0.2, 0.25) is 0 Å². The quantitative estimate of drug-likeness (QED) is 0.430. The number of hydrogen-bond donors (Lipinski definition) is 2. The Morgan fingerprint density at radius 1 is 1.34 bits per heavy atom. The molecule has 0 aliphatic carbocycles. The second kappa shape index (κ2) is 6.47. The molecule has 0 saturated carbocycles. The number of nitrogens with zero attached hydrogens (tertiary/aromatic N) is 1. The number of benzene rings is 1. The molecular formula is C25H29N3O4. The van der Waals surface area contributed by atoms with E-state index in [0.717, 1.165) is 12.0 Å². The largest absolute Gasteiger partial charge is 0.483 e. The maximum Gasteiger partial charge on any atom is 0.250 e. The Morgan fingerprint density at radius 2 is 2.09 bits per heavy atom. The van der Waals surface area contributed by atoms with Gasteiger partial charge in [0.15, 0.2) is 5.78 Å². The summed E-state index contributed by atoms with van der Waals surface area (Å²) in [6.07, 6.45) is 5.56. The summed E-state index contributed by atoms with van der Waals surface area (Å²) < 4.78 is 5.95. The molecule has 1 spiro atoms. The lowest BCUT2D eigenvalue weighted by atomic mass is 9.61. The van der Waals surface area contributed by atoms with Gasteiger partial charge in [0.1, 0.15) is 22.4 Å². The van der Waals surface area contributed by atoms with Crippen molar-refractivity contribution in [2.75, 3.05) is 12.3 Å². The molecule has 0 radical (unpaired) electrons. The average molecular weight is 436 g/mol. The summed E-state index contributed by atoms with van der Waals surface area (Å²) in [7, 11) is 0. The molecule has 32 heavy (non-hydrogen) atoms. The molecule has 168 valence electrons. The minimum absolute atomic E-state index is 0.152. The lowest BCUT2D eigenvalue weighted by Gasteiger charge is -2.59. The van der Waals surface area contributed by atoms with Gasteiger partial charge in [0.25, 0.3) is 0 Å². The number of rotatable bonds is 4. The Morgan fingerprint density at radius 3 is 2.81 bits per heavy atom. The van der Waals surface area contributed by atoms with Crippen LogP contribution in [0.5, 0.6) is 5.75 Å². The van der Waals surface area contributed by atoms with Crippen molar-refractivity contribution in [2.24, 2.45) is 5.92 Å². The number of nitrogens with one attached hydrogen (secondary N) is 1. The normalized spacial score (nSPS) is 31.6. The van der Waals surface area contributed by atoms with Crippen molar-refractivity contribution in [3.63, 3.8) is 0 Å². The topological polar surface area (TPSA) is 102 Å². The van der Waals surface area contributed by atoms with Gasteiger partial charge >= 0.3 is 0 Å². The number of carbonyl (C=O) groups is 3. The molecule has 3 atom stereocenters. The number of carbonyl (C=O) groups excluding carboxylic acids is 3. The molecule has 5 heterocycles. The van der Waals surface area contributed by atoms with E-state index in [0.29, 0.717) is 42.0 Å². The van der Waals surface area contributed by atoms with E-state index >= 15 is 0 Å². The lowest BCUT2D eigenvalue weighted by Crippen LogP contribution is -2.81. The highest BCUT2D eigenvalue weighted by atomic mass is 16.5. The summed E-state index contributed by atoms with van der Waals surface area (Å²) in [5.41, 5.74) is 5.92. The van der Waals surface area contributed by atoms with Gasteiger partial charge in [-0.3, -0.25) is 14.4 Å². The summed E-state index contributed by atoms with van der Waals surface area (Å²) in [4.78, 5) is 42.0. The van der Waals surface area contributed by atoms with Crippen LogP contribution in [-0.4, -0.2) is 45.7 Å². The van der Waals surface area contributed by atoms with Gasteiger partial charge < -0.3 is 20.7 Å². The number of nitrogens with two attached hydrogens (primary N) is 1. The van der Waals surface area contributed by atoms with Gasteiger partial charge in [-0.2, -0.15) is 0 Å². The molecule has 0 unspecified atom stereocenters. The SMILES string of the molecule is C=C(C)[C@H]1C[C@@]23CCCN2C(=O)[C@]1(CC(=O)c1ccc2c(c1N)C=CC(C)(C)O2)NC3=O. The molecule has 7 heteroatoms. The smallest absolute Gasteiger partial charge is 0.250 e. The van der Waals surface area contributed by atoms with E-state index in [9.17, 15) is 14.4 Å². The fourth-order valence-electron chi connectivity index (χ4n) is 5.99. The number of fused-ring (bicyclic) bond motifs is 3. The summed E-state index contributed by atoms with van der Waals surface area (Å²) >= 11 is 0.